The number of hydrogen-bond donors (Lipinski definition) is 4. The third-order valence-electron chi connectivity index (χ3n) is 5.19. The Morgan fingerprint density at radius 1 is 1.03 bits per heavy atom. The first-order valence-electron chi connectivity index (χ1n) is 9.94. The molecule has 6 N–H and O–H groups in total. The van der Waals surface area contributed by atoms with Gasteiger partial charge in [0.25, 0.3) is 0 Å². The van der Waals surface area contributed by atoms with Crippen molar-refractivity contribution < 1.29 is 4.74 Å². The minimum absolute atomic E-state index is 0.157. The summed E-state index contributed by atoms with van der Waals surface area (Å²) in [5.74, 6) is 0.231. The molecule has 0 saturated heterocycles. The van der Waals surface area contributed by atoms with Gasteiger partial charge in [-0.1, -0.05) is 67.6 Å². The summed E-state index contributed by atoms with van der Waals surface area (Å²) in [5.41, 5.74) is 13.8. The molecule has 0 bridgehead atoms. The van der Waals surface area contributed by atoms with Gasteiger partial charge < -0.3 is 15.8 Å². The lowest BCUT2D eigenvalue weighted by Crippen LogP contribution is -2.66. The molecular formula is C23H26N6O. The van der Waals surface area contributed by atoms with Crippen LogP contribution in [0.15, 0.2) is 82.8 Å². The van der Waals surface area contributed by atoms with E-state index in [1.165, 1.54) is 0 Å². The lowest BCUT2D eigenvalue weighted by atomic mass is 9.89. The van der Waals surface area contributed by atoms with Crippen LogP contribution in [-0.4, -0.2) is 30.9 Å². The molecule has 0 saturated carbocycles. The van der Waals surface area contributed by atoms with Crippen molar-refractivity contribution in [1.82, 2.24) is 10.6 Å². The van der Waals surface area contributed by atoms with E-state index in [0.717, 1.165) is 22.1 Å². The van der Waals surface area contributed by atoms with Gasteiger partial charge in [-0.25, -0.2) is 9.98 Å². The number of nitrogens with zero attached hydrogens (tertiary/aromatic N) is 2. The molecule has 0 aliphatic carbocycles. The van der Waals surface area contributed by atoms with Gasteiger partial charge in [-0.05, 0) is 28.5 Å². The Bertz CT molecular complexity index is 1080. The largest absolute Gasteiger partial charge is 0.492 e. The average molecular weight is 403 g/mol. The second-order valence-electron chi connectivity index (χ2n) is 7.25. The van der Waals surface area contributed by atoms with Gasteiger partial charge in [0.1, 0.15) is 12.4 Å². The lowest BCUT2D eigenvalue weighted by molar-refractivity contribution is 0.324. The Morgan fingerprint density at radius 2 is 1.77 bits per heavy atom. The summed E-state index contributed by atoms with van der Waals surface area (Å²) in [7, 11) is 0. The van der Waals surface area contributed by atoms with Crippen molar-refractivity contribution >= 4 is 22.7 Å². The van der Waals surface area contributed by atoms with Crippen molar-refractivity contribution in [2.45, 2.75) is 18.6 Å². The number of nitrogens with one attached hydrogen (secondary N) is 2. The SMILES string of the molecule is C[C@@H](c1cccc2ccccc12)C1(N)N=C(N)NC(=NCCOc2ccccc2)N1. The Hall–Kier alpha value is -3.58. The molecule has 7 nitrogen and oxygen atoms in total. The predicted octanol–water partition coefficient (Wildman–Crippen LogP) is 2.50. The van der Waals surface area contributed by atoms with Crippen LogP contribution < -0.4 is 26.8 Å². The number of hydrogen-bond acceptors (Lipinski definition) is 5. The quantitative estimate of drug-likeness (QED) is 0.474. The lowest BCUT2D eigenvalue weighted by Gasteiger charge is -2.37. The monoisotopic (exact) mass is 402 g/mol. The van der Waals surface area contributed by atoms with Crippen LogP contribution in [0.25, 0.3) is 10.8 Å². The summed E-state index contributed by atoms with van der Waals surface area (Å²) in [6.45, 7) is 2.91. The van der Waals surface area contributed by atoms with E-state index in [1.807, 2.05) is 55.5 Å². The molecule has 30 heavy (non-hydrogen) atoms. The highest BCUT2D eigenvalue weighted by Gasteiger charge is 2.37. The van der Waals surface area contributed by atoms with Crippen molar-refractivity contribution in [3.63, 3.8) is 0 Å². The van der Waals surface area contributed by atoms with Crippen molar-refractivity contribution in [2.75, 3.05) is 13.2 Å². The van der Waals surface area contributed by atoms with Crippen LogP contribution in [-0.2, 0) is 0 Å². The van der Waals surface area contributed by atoms with Gasteiger partial charge in [0, 0.05) is 5.92 Å². The molecular weight excluding hydrogens is 376 g/mol. The third kappa shape index (κ3) is 4.21. The van der Waals surface area contributed by atoms with E-state index in [2.05, 4.69) is 44.9 Å². The molecule has 154 valence electrons. The molecule has 1 unspecified atom stereocenters. The second-order valence-corrected chi connectivity index (χ2v) is 7.25. The molecule has 1 aliphatic heterocycles. The van der Waals surface area contributed by atoms with Crippen molar-refractivity contribution in [2.24, 2.45) is 21.5 Å². The smallest absolute Gasteiger partial charge is 0.201 e. The molecule has 1 aliphatic rings. The van der Waals surface area contributed by atoms with Crippen LogP contribution in [0.4, 0.5) is 0 Å². The summed E-state index contributed by atoms with van der Waals surface area (Å²) in [6.07, 6.45) is 0. The number of aliphatic imine (C=N–C) groups is 2. The molecule has 0 spiro atoms. The topological polar surface area (TPSA) is 110 Å². The number of fused-ring (bicyclic) bond motifs is 1. The Morgan fingerprint density at radius 3 is 2.60 bits per heavy atom. The molecule has 2 atom stereocenters. The first kappa shape index (κ1) is 19.7. The van der Waals surface area contributed by atoms with Crippen LogP contribution in [0.5, 0.6) is 5.75 Å². The van der Waals surface area contributed by atoms with Gasteiger partial charge in [-0.3, -0.25) is 11.1 Å². The van der Waals surface area contributed by atoms with E-state index in [0.29, 0.717) is 19.1 Å². The van der Waals surface area contributed by atoms with Crippen LogP contribution in [0, 0.1) is 0 Å². The number of ether oxygens (including phenoxy) is 1. The van der Waals surface area contributed by atoms with Crippen molar-refractivity contribution in [1.29, 1.82) is 0 Å². The molecule has 1 heterocycles. The highest BCUT2D eigenvalue weighted by molar-refractivity contribution is 6.00. The van der Waals surface area contributed by atoms with Crippen LogP contribution in [0.3, 0.4) is 0 Å². The first-order chi connectivity index (χ1) is 14.5. The van der Waals surface area contributed by atoms with Gasteiger partial charge in [0.15, 0.2) is 11.7 Å². The maximum atomic E-state index is 6.67. The van der Waals surface area contributed by atoms with Crippen molar-refractivity contribution in [3.8, 4) is 5.75 Å². The second kappa shape index (κ2) is 8.42. The molecule has 0 amide bonds. The van der Waals surface area contributed by atoms with E-state index in [4.69, 9.17) is 16.2 Å². The molecule has 7 heteroatoms. The van der Waals surface area contributed by atoms with Crippen LogP contribution in [0.2, 0.25) is 0 Å². The van der Waals surface area contributed by atoms with Gasteiger partial charge in [-0.15, -0.1) is 0 Å². The summed E-state index contributed by atoms with van der Waals surface area (Å²) in [6, 6.07) is 24.0. The maximum Gasteiger partial charge on any atom is 0.201 e. The highest BCUT2D eigenvalue weighted by Crippen LogP contribution is 2.32. The zero-order valence-corrected chi connectivity index (χ0v) is 16.9. The van der Waals surface area contributed by atoms with E-state index >= 15 is 0 Å². The Kier molecular flexibility index (Phi) is 5.54. The normalized spacial score (nSPS) is 20.9. The third-order valence-corrected chi connectivity index (χ3v) is 5.19. The fourth-order valence-corrected chi connectivity index (χ4v) is 3.58. The molecule has 0 radical (unpaired) electrons. The fraction of sp³-hybridized carbons (Fsp3) is 0.217. The van der Waals surface area contributed by atoms with Crippen LogP contribution >= 0.6 is 0 Å². The fourth-order valence-electron chi connectivity index (χ4n) is 3.58. The number of benzene rings is 3. The maximum absolute atomic E-state index is 6.67. The average Bonchev–Trinajstić information content (AvgIpc) is 2.76. The summed E-state index contributed by atoms with van der Waals surface area (Å²) in [5, 5.41) is 8.46. The van der Waals surface area contributed by atoms with E-state index in [9.17, 15) is 0 Å². The zero-order chi connectivity index (χ0) is 21.0. The van der Waals surface area contributed by atoms with E-state index in [1.54, 1.807) is 0 Å². The minimum atomic E-state index is -1.13. The Balaban J connectivity index is 1.50. The number of guanidine groups is 2. The molecule has 0 aromatic heterocycles. The molecule has 3 aromatic rings. The van der Waals surface area contributed by atoms with Gasteiger partial charge in [-0.2, -0.15) is 0 Å². The highest BCUT2D eigenvalue weighted by atomic mass is 16.5. The van der Waals surface area contributed by atoms with E-state index < -0.39 is 5.79 Å². The van der Waals surface area contributed by atoms with Crippen LogP contribution in [0.1, 0.15) is 18.4 Å². The zero-order valence-electron chi connectivity index (χ0n) is 16.9. The predicted molar refractivity (Wildman–Crippen MR) is 121 cm³/mol. The number of para-hydroxylation sites is 1. The van der Waals surface area contributed by atoms with Gasteiger partial charge in [0.2, 0.25) is 5.96 Å². The summed E-state index contributed by atoms with van der Waals surface area (Å²) < 4.78 is 5.69. The molecule has 0 fully saturated rings. The van der Waals surface area contributed by atoms with E-state index in [-0.39, 0.29) is 11.9 Å². The number of nitrogens with two attached hydrogens (primary N) is 2. The molecule has 3 aromatic carbocycles. The minimum Gasteiger partial charge on any atom is -0.492 e. The standard InChI is InChI=1S/C23H26N6O/c1-16(19-13-7-9-17-8-5-6-12-20(17)19)23(25)28-21(24)27-22(29-23)26-14-15-30-18-10-3-2-4-11-18/h2-13,16H,14-15,25H2,1H3,(H4,24,26,27,28,29)/t16-,23?/m0/s1. The summed E-state index contributed by atoms with van der Waals surface area (Å²) in [4.78, 5) is 8.97. The molecule has 4 rings (SSSR count). The van der Waals surface area contributed by atoms with Gasteiger partial charge in [0.05, 0.1) is 6.54 Å². The summed E-state index contributed by atoms with van der Waals surface area (Å²) >= 11 is 0. The van der Waals surface area contributed by atoms with Crippen molar-refractivity contribution in [3.05, 3.63) is 78.4 Å². The Labute approximate surface area is 175 Å². The number of rotatable bonds is 6. The first-order valence-corrected chi connectivity index (χ1v) is 9.94. The van der Waals surface area contributed by atoms with Gasteiger partial charge >= 0.3 is 0 Å².